The van der Waals surface area contributed by atoms with Gasteiger partial charge < -0.3 is 9.94 Å². The fraction of sp³-hybridized carbons (Fsp3) is 0.100. The van der Waals surface area contributed by atoms with Crippen molar-refractivity contribution in [3.8, 4) is 5.75 Å². The Morgan fingerprint density at radius 3 is 2.86 bits per heavy atom. The van der Waals surface area contributed by atoms with Gasteiger partial charge in [0, 0.05) is 17.2 Å². The van der Waals surface area contributed by atoms with Gasteiger partial charge in [0.05, 0.1) is 12.5 Å². The standard InChI is InChI=1S/C10H8ClNO2/c1-14-9-5-7-4-8(11)2-3-10(7)12(13)6-9/h2-6H,1H3. The third-order valence-electron chi connectivity index (χ3n) is 2.00. The van der Waals surface area contributed by atoms with Crippen molar-refractivity contribution in [1.82, 2.24) is 0 Å². The van der Waals surface area contributed by atoms with Crippen molar-refractivity contribution < 1.29 is 9.47 Å². The Balaban J connectivity index is 2.77. The largest absolute Gasteiger partial charge is 0.618 e. The van der Waals surface area contributed by atoms with E-state index in [1.54, 1.807) is 24.3 Å². The number of halogens is 1. The number of rotatable bonds is 1. The van der Waals surface area contributed by atoms with Crippen LogP contribution >= 0.6 is 11.6 Å². The van der Waals surface area contributed by atoms with E-state index in [2.05, 4.69) is 0 Å². The lowest BCUT2D eigenvalue weighted by Gasteiger charge is -2.04. The second-order valence-corrected chi connectivity index (χ2v) is 3.35. The van der Waals surface area contributed by atoms with Crippen LogP contribution < -0.4 is 9.47 Å². The van der Waals surface area contributed by atoms with Crippen molar-refractivity contribution in [3.05, 3.63) is 40.7 Å². The number of hydrogen-bond donors (Lipinski definition) is 0. The number of nitrogens with zero attached hydrogens (tertiary/aromatic N) is 1. The highest BCUT2D eigenvalue weighted by Crippen LogP contribution is 2.20. The number of aromatic nitrogens is 1. The quantitative estimate of drug-likeness (QED) is 0.533. The Labute approximate surface area is 86.1 Å². The molecule has 0 unspecified atom stereocenters. The summed E-state index contributed by atoms with van der Waals surface area (Å²) >= 11 is 5.81. The molecule has 1 aromatic carbocycles. The van der Waals surface area contributed by atoms with E-state index in [0.29, 0.717) is 16.3 Å². The van der Waals surface area contributed by atoms with E-state index in [-0.39, 0.29) is 0 Å². The molecule has 0 atom stereocenters. The SMILES string of the molecule is COc1cc2cc(Cl)ccc2[n+]([O-])c1. The van der Waals surface area contributed by atoms with E-state index in [4.69, 9.17) is 16.3 Å². The molecule has 2 aromatic rings. The number of pyridine rings is 1. The maximum atomic E-state index is 11.5. The minimum atomic E-state index is 0.523. The van der Waals surface area contributed by atoms with Crippen molar-refractivity contribution >= 4 is 22.5 Å². The Morgan fingerprint density at radius 1 is 1.36 bits per heavy atom. The summed E-state index contributed by atoms with van der Waals surface area (Å²) in [6, 6.07) is 6.87. The molecule has 2 rings (SSSR count). The molecule has 1 heterocycles. The second-order valence-electron chi connectivity index (χ2n) is 2.91. The van der Waals surface area contributed by atoms with Crippen molar-refractivity contribution in [3.63, 3.8) is 0 Å². The summed E-state index contributed by atoms with van der Waals surface area (Å²) in [5.74, 6) is 0.523. The zero-order valence-electron chi connectivity index (χ0n) is 7.53. The van der Waals surface area contributed by atoms with Crippen LogP contribution in [0, 0.1) is 5.21 Å². The lowest BCUT2D eigenvalue weighted by molar-refractivity contribution is -0.577. The first kappa shape index (κ1) is 9.09. The number of fused-ring (bicyclic) bond motifs is 1. The van der Waals surface area contributed by atoms with Crippen molar-refractivity contribution in [1.29, 1.82) is 0 Å². The summed E-state index contributed by atoms with van der Waals surface area (Å²) in [5, 5.41) is 12.8. The molecular formula is C10H8ClNO2. The highest BCUT2D eigenvalue weighted by molar-refractivity contribution is 6.31. The van der Waals surface area contributed by atoms with Crippen LogP contribution in [0.15, 0.2) is 30.5 Å². The van der Waals surface area contributed by atoms with Gasteiger partial charge in [0.25, 0.3) is 0 Å². The number of methoxy groups -OCH3 is 1. The van der Waals surface area contributed by atoms with E-state index in [1.165, 1.54) is 13.3 Å². The summed E-state index contributed by atoms with van der Waals surface area (Å²) < 4.78 is 5.75. The molecule has 0 spiro atoms. The van der Waals surface area contributed by atoms with Crippen LogP contribution in [0.4, 0.5) is 0 Å². The molecule has 0 amide bonds. The molecule has 0 N–H and O–H groups in total. The molecule has 4 heteroatoms. The van der Waals surface area contributed by atoms with Crippen LogP contribution in [-0.2, 0) is 0 Å². The topological polar surface area (TPSA) is 36.2 Å². The van der Waals surface area contributed by atoms with Crippen molar-refractivity contribution in [2.24, 2.45) is 0 Å². The molecule has 0 saturated carbocycles. The molecule has 1 aromatic heterocycles. The Hall–Kier alpha value is -1.48. The molecular weight excluding hydrogens is 202 g/mol. The lowest BCUT2D eigenvalue weighted by Crippen LogP contribution is -2.26. The van der Waals surface area contributed by atoms with E-state index in [9.17, 15) is 5.21 Å². The highest BCUT2D eigenvalue weighted by atomic mass is 35.5. The van der Waals surface area contributed by atoms with Crippen molar-refractivity contribution in [2.75, 3.05) is 7.11 Å². The molecule has 0 aliphatic carbocycles. The summed E-state index contributed by atoms with van der Waals surface area (Å²) in [5.41, 5.74) is 0.579. The molecule has 0 aliphatic heterocycles. The fourth-order valence-electron chi connectivity index (χ4n) is 1.33. The molecule has 0 saturated heterocycles. The number of hydrogen-bond acceptors (Lipinski definition) is 2. The minimum absolute atomic E-state index is 0.523. The van der Waals surface area contributed by atoms with Gasteiger partial charge in [-0.2, -0.15) is 4.73 Å². The van der Waals surface area contributed by atoms with Crippen LogP contribution in [0.5, 0.6) is 5.75 Å². The molecule has 3 nitrogen and oxygen atoms in total. The van der Waals surface area contributed by atoms with Gasteiger partial charge in [0.1, 0.15) is 0 Å². The van der Waals surface area contributed by atoms with Gasteiger partial charge >= 0.3 is 0 Å². The average molecular weight is 210 g/mol. The van der Waals surface area contributed by atoms with Gasteiger partial charge in [0.15, 0.2) is 5.75 Å². The van der Waals surface area contributed by atoms with Crippen molar-refractivity contribution in [2.45, 2.75) is 0 Å². The molecule has 0 fully saturated rings. The van der Waals surface area contributed by atoms with E-state index < -0.39 is 0 Å². The monoisotopic (exact) mass is 209 g/mol. The van der Waals surface area contributed by atoms with Gasteiger partial charge in [-0.1, -0.05) is 11.6 Å². The zero-order chi connectivity index (χ0) is 10.1. The average Bonchev–Trinajstić information content (AvgIpc) is 2.16. The summed E-state index contributed by atoms with van der Waals surface area (Å²) in [6.07, 6.45) is 1.39. The molecule has 0 bridgehead atoms. The van der Waals surface area contributed by atoms with Crippen LogP contribution in [0.1, 0.15) is 0 Å². The third kappa shape index (κ3) is 1.46. The van der Waals surface area contributed by atoms with Crippen LogP contribution in [-0.4, -0.2) is 7.11 Å². The molecule has 0 aliphatic rings. The Bertz CT molecular complexity index is 485. The zero-order valence-corrected chi connectivity index (χ0v) is 8.28. The smallest absolute Gasteiger partial charge is 0.224 e. The van der Waals surface area contributed by atoms with E-state index >= 15 is 0 Å². The van der Waals surface area contributed by atoms with Gasteiger partial charge in [-0.15, -0.1) is 0 Å². The lowest BCUT2D eigenvalue weighted by atomic mass is 10.2. The first-order chi connectivity index (χ1) is 6.70. The Morgan fingerprint density at radius 2 is 2.14 bits per heavy atom. The Kier molecular flexibility index (Phi) is 2.17. The van der Waals surface area contributed by atoms with Crippen LogP contribution in [0.3, 0.4) is 0 Å². The van der Waals surface area contributed by atoms with Gasteiger partial charge in [-0.3, -0.25) is 0 Å². The van der Waals surface area contributed by atoms with Crippen LogP contribution in [0.2, 0.25) is 5.02 Å². The molecule has 14 heavy (non-hydrogen) atoms. The predicted molar refractivity (Wildman–Crippen MR) is 54.5 cm³/mol. The van der Waals surface area contributed by atoms with Gasteiger partial charge in [-0.25, -0.2) is 0 Å². The summed E-state index contributed by atoms with van der Waals surface area (Å²) in [6.45, 7) is 0. The molecule has 0 radical (unpaired) electrons. The predicted octanol–water partition coefficient (Wildman–Crippen LogP) is 2.14. The van der Waals surface area contributed by atoms with E-state index in [1.807, 2.05) is 0 Å². The van der Waals surface area contributed by atoms with E-state index in [0.717, 1.165) is 10.1 Å². The minimum Gasteiger partial charge on any atom is -0.618 e. The maximum Gasteiger partial charge on any atom is 0.224 e. The number of benzene rings is 1. The normalized spacial score (nSPS) is 10.4. The first-order valence-electron chi connectivity index (χ1n) is 4.07. The summed E-state index contributed by atoms with van der Waals surface area (Å²) in [7, 11) is 1.52. The first-order valence-corrected chi connectivity index (χ1v) is 4.45. The third-order valence-corrected chi connectivity index (χ3v) is 2.24. The maximum absolute atomic E-state index is 11.5. The van der Waals surface area contributed by atoms with Gasteiger partial charge in [-0.05, 0) is 12.1 Å². The van der Waals surface area contributed by atoms with Gasteiger partial charge in [0.2, 0.25) is 11.7 Å². The highest BCUT2D eigenvalue weighted by Gasteiger charge is 2.06. The van der Waals surface area contributed by atoms with Crippen LogP contribution in [0.25, 0.3) is 10.9 Å². The number of ether oxygens (including phenoxy) is 1. The summed E-state index contributed by atoms with van der Waals surface area (Å²) in [4.78, 5) is 0. The second kappa shape index (κ2) is 3.35. The fourth-order valence-corrected chi connectivity index (χ4v) is 1.51. The molecule has 72 valence electrons.